The number of carboxylic acid groups (broad SMARTS) is 1. The van der Waals surface area contributed by atoms with E-state index in [9.17, 15) is 23.1 Å². The smallest absolute Gasteiger partial charge is 0.319 e. The van der Waals surface area contributed by atoms with Gasteiger partial charge >= 0.3 is 5.97 Å². The minimum Gasteiger partial charge on any atom is -0.480 e. The van der Waals surface area contributed by atoms with Crippen molar-refractivity contribution >= 4 is 21.7 Å². The van der Waals surface area contributed by atoms with Crippen LogP contribution in [0.5, 0.6) is 0 Å². The maximum atomic E-state index is 12.8. The lowest BCUT2D eigenvalue weighted by atomic mass is 9.72. The molecule has 0 aromatic heterocycles. The second-order valence-corrected chi connectivity index (χ2v) is 9.34. The van der Waals surface area contributed by atoms with Gasteiger partial charge in [-0.3, -0.25) is 9.59 Å². The van der Waals surface area contributed by atoms with Gasteiger partial charge in [-0.2, -0.15) is 0 Å². The Morgan fingerprint density at radius 2 is 1.45 bits per heavy atom. The van der Waals surface area contributed by atoms with Crippen LogP contribution < -0.4 is 0 Å². The molecule has 1 aliphatic carbocycles. The number of piperidine rings is 1. The van der Waals surface area contributed by atoms with Gasteiger partial charge in [0.2, 0.25) is 5.91 Å². The van der Waals surface area contributed by atoms with Crippen molar-refractivity contribution in [2.75, 3.05) is 24.6 Å². The normalized spacial score (nSPS) is 28.8. The maximum Gasteiger partial charge on any atom is 0.319 e. The molecule has 1 amide bonds. The van der Waals surface area contributed by atoms with E-state index in [0.29, 0.717) is 38.8 Å². The molecule has 124 valence electrons. The van der Waals surface area contributed by atoms with Gasteiger partial charge in [-0.1, -0.05) is 19.3 Å². The predicted octanol–water partition coefficient (Wildman–Crippen LogP) is 1.06. The Kier molecular flexibility index (Phi) is 3.74. The second-order valence-electron chi connectivity index (χ2n) is 7.27. The molecular weight excluding hydrogens is 306 g/mol. The van der Waals surface area contributed by atoms with Crippen molar-refractivity contribution in [1.29, 1.82) is 0 Å². The molecule has 1 spiro atoms. The number of nitrogens with zero attached hydrogens (tertiary/aromatic N) is 1. The number of hydrogen-bond acceptors (Lipinski definition) is 4. The fraction of sp³-hybridized carbons (Fsp3) is 0.867. The van der Waals surface area contributed by atoms with Crippen LogP contribution in [0.15, 0.2) is 0 Å². The molecule has 1 N–H and O–H groups in total. The lowest BCUT2D eigenvalue weighted by molar-refractivity contribution is -0.164. The van der Waals surface area contributed by atoms with Gasteiger partial charge in [-0.05, 0) is 25.7 Å². The highest BCUT2D eigenvalue weighted by atomic mass is 32.2. The highest BCUT2D eigenvalue weighted by Gasteiger charge is 2.53. The van der Waals surface area contributed by atoms with Crippen molar-refractivity contribution < 1.29 is 23.1 Å². The van der Waals surface area contributed by atoms with Gasteiger partial charge in [0, 0.05) is 18.5 Å². The van der Waals surface area contributed by atoms with E-state index in [4.69, 9.17) is 0 Å². The molecule has 22 heavy (non-hydrogen) atoms. The Bertz CT molecular complexity index is 569. The molecule has 0 radical (unpaired) electrons. The summed E-state index contributed by atoms with van der Waals surface area (Å²) in [4.78, 5) is 26.2. The summed E-state index contributed by atoms with van der Waals surface area (Å²) in [7, 11) is -2.87. The molecule has 1 saturated carbocycles. The van der Waals surface area contributed by atoms with Crippen LogP contribution in [-0.4, -0.2) is 54.9 Å². The van der Waals surface area contributed by atoms with E-state index in [2.05, 4.69) is 0 Å². The van der Waals surface area contributed by atoms with E-state index in [1.165, 1.54) is 0 Å². The summed E-state index contributed by atoms with van der Waals surface area (Å²) in [6.07, 6.45) is 4.76. The van der Waals surface area contributed by atoms with Gasteiger partial charge in [0.25, 0.3) is 0 Å². The first-order valence-electron chi connectivity index (χ1n) is 8.02. The molecule has 0 unspecified atom stereocenters. The third kappa shape index (κ3) is 2.53. The molecule has 3 rings (SSSR count). The number of carbonyl (C=O) groups is 2. The van der Waals surface area contributed by atoms with Gasteiger partial charge in [0.1, 0.15) is 5.41 Å². The molecule has 0 aromatic carbocycles. The highest BCUT2D eigenvalue weighted by Crippen LogP contribution is 2.44. The molecule has 3 fully saturated rings. The first-order valence-corrected chi connectivity index (χ1v) is 9.84. The van der Waals surface area contributed by atoms with Crippen molar-refractivity contribution in [3.63, 3.8) is 0 Å². The fourth-order valence-corrected chi connectivity index (χ4v) is 6.70. The zero-order chi connectivity index (χ0) is 16.0. The van der Waals surface area contributed by atoms with Crippen molar-refractivity contribution in [3.8, 4) is 0 Å². The number of aliphatic carboxylic acids is 1. The molecule has 7 heteroatoms. The summed E-state index contributed by atoms with van der Waals surface area (Å²) < 4.78 is 22.8. The lowest BCUT2D eigenvalue weighted by Crippen LogP contribution is -2.58. The Morgan fingerprint density at radius 1 is 0.909 bits per heavy atom. The molecule has 2 aliphatic heterocycles. The number of amides is 1. The Morgan fingerprint density at radius 3 is 1.91 bits per heavy atom. The van der Waals surface area contributed by atoms with Crippen LogP contribution in [0.4, 0.5) is 0 Å². The van der Waals surface area contributed by atoms with Gasteiger partial charge in [0.15, 0.2) is 9.84 Å². The second kappa shape index (κ2) is 5.22. The third-order valence-electron chi connectivity index (χ3n) is 5.69. The number of carbonyl (C=O) groups excluding carboxylic acids is 1. The maximum absolute atomic E-state index is 12.8. The summed E-state index contributed by atoms with van der Waals surface area (Å²) in [6, 6.07) is 0. The monoisotopic (exact) mass is 329 g/mol. The van der Waals surface area contributed by atoms with Crippen LogP contribution in [0.3, 0.4) is 0 Å². The Balaban J connectivity index is 1.67. The molecule has 0 aromatic rings. The van der Waals surface area contributed by atoms with Crippen LogP contribution in [0, 0.1) is 10.8 Å². The minimum absolute atomic E-state index is 0.154. The number of sulfone groups is 1. The SMILES string of the molecule is O=C(O)C1(C(=O)N2CCC3(CC2)CS(=O)(=O)C3)CCCCC1. The topological polar surface area (TPSA) is 91.8 Å². The lowest BCUT2D eigenvalue weighted by Gasteiger charge is -2.48. The van der Waals surface area contributed by atoms with Crippen molar-refractivity contribution in [2.45, 2.75) is 44.9 Å². The number of hydrogen-bond donors (Lipinski definition) is 1. The number of likely N-dealkylation sites (tertiary alicyclic amines) is 1. The summed E-state index contributed by atoms with van der Waals surface area (Å²) in [5.74, 6) is -0.793. The number of rotatable bonds is 2. The van der Waals surface area contributed by atoms with Crippen LogP contribution >= 0.6 is 0 Å². The van der Waals surface area contributed by atoms with E-state index < -0.39 is 21.2 Å². The predicted molar refractivity (Wildman–Crippen MR) is 80.1 cm³/mol. The molecular formula is C15H23NO5S. The summed E-state index contributed by atoms with van der Waals surface area (Å²) >= 11 is 0. The van der Waals surface area contributed by atoms with E-state index >= 15 is 0 Å². The van der Waals surface area contributed by atoms with Crippen LogP contribution in [-0.2, 0) is 19.4 Å². The van der Waals surface area contributed by atoms with Crippen molar-refractivity contribution in [1.82, 2.24) is 4.90 Å². The van der Waals surface area contributed by atoms with Gasteiger partial charge < -0.3 is 10.0 Å². The van der Waals surface area contributed by atoms with Gasteiger partial charge in [0.05, 0.1) is 11.5 Å². The van der Waals surface area contributed by atoms with Crippen molar-refractivity contribution in [3.05, 3.63) is 0 Å². The average molecular weight is 329 g/mol. The first-order chi connectivity index (χ1) is 10.3. The van der Waals surface area contributed by atoms with Crippen LogP contribution in [0.1, 0.15) is 44.9 Å². The van der Waals surface area contributed by atoms with Crippen LogP contribution in [0.25, 0.3) is 0 Å². The van der Waals surface area contributed by atoms with E-state index in [1.54, 1.807) is 4.90 Å². The quantitative estimate of drug-likeness (QED) is 0.765. The fourth-order valence-electron chi connectivity index (χ4n) is 4.34. The Hall–Kier alpha value is -1.11. The zero-order valence-electron chi connectivity index (χ0n) is 12.7. The standard InChI is InChI=1S/C15H23NO5S/c17-12(15(13(18)19)4-2-1-3-5-15)16-8-6-14(7-9-16)10-22(20,21)11-14/h1-11H2,(H,18,19). The summed E-state index contributed by atoms with van der Waals surface area (Å²) in [5.41, 5.74) is -1.40. The molecule has 0 atom stereocenters. The van der Waals surface area contributed by atoms with Crippen molar-refractivity contribution in [2.24, 2.45) is 10.8 Å². The van der Waals surface area contributed by atoms with E-state index in [-0.39, 0.29) is 22.8 Å². The zero-order valence-corrected chi connectivity index (χ0v) is 13.5. The minimum atomic E-state index is -2.87. The molecule has 6 nitrogen and oxygen atoms in total. The molecule has 3 aliphatic rings. The largest absolute Gasteiger partial charge is 0.480 e. The first kappa shape index (κ1) is 15.8. The van der Waals surface area contributed by atoms with E-state index in [1.807, 2.05) is 0 Å². The summed E-state index contributed by atoms with van der Waals surface area (Å²) in [6.45, 7) is 0.979. The Labute approximate surface area is 130 Å². The van der Waals surface area contributed by atoms with Gasteiger partial charge in [-0.15, -0.1) is 0 Å². The molecule has 0 bridgehead atoms. The number of carboxylic acids is 1. The summed E-state index contributed by atoms with van der Waals surface area (Å²) in [5, 5.41) is 9.59. The average Bonchev–Trinajstić information content (AvgIpc) is 2.46. The van der Waals surface area contributed by atoms with Gasteiger partial charge in [-0.25, -0.2) is 8.42 Å². The third-order valence-corrected chi connectivity index (χ3v) is 7.79. The van der Waals surface area contributed by atoms with E-state index in [0.717, 1.165) is 19.3 Å². The molecule has 2 saturated heterocycles. The van der Waals surface area contributed by atoms with Crippen LogP contribution in [0.2, 0.25) is 0 Å². The molecule has 2 heterocycles. The highest BCUT2D eigenvalue weighted by molar-refractivity contribution is 7.92.